The van der Waals surface area contributed by atoms with Crippen LogP contribution in [0.1, 0.15) is 57.3 Å². The van der Waals surface area contributed by atoms with Crippen LogP contribution in [0, 0.1) is 0 Å². The van der Waals surface area contributed by atoms with Crippen LogP contribution < -0.4 is 5.32 Å². The number of unbranched alkanes of at least 4 members (excludes halogenated alkanes) is 4. The van der Waals surface area contributed by atoms with Crippen LogP contribution in [0.5, 0.6) is 0 Å². The molecule has 0 aliphatic carbocycles. The minimum Gasteiger partial charge on any atom is -0.388 e. The number of rotatable bonds is 11. The molecule has 32 heavy (non-hydrogen) atoms. The minimum atomic E-state index is -0.988. The first kappa shape index (κ1) is 23.6. The molecular formula is C24H35NO7. The SMILES string of the molecule is CCCCCCCC(=O)N[C@H]1[C@H](OC[C@H]2CO2)O[C@@H]2COC(c3ccccc3)O[C@H]2[C@@H]1O. The zero-order valence-electron chi connectivity index (χ0n) is 18.7. The Hall–Kier alpha value is -1.55. The van der Waals surface area contributed by atoms with Crippen molar-refractivity contribution in [3.05, 3.63) is 35.9 Å². The van der Waals surface area contributed by atoms with Gasteiger partial charge in [0.05, 0.1) is 19.8 Å². The summed E-state index contributed by atoms with van der Waals surface area (Å²) >= 11 is 0. The first-order chi connectivity index (χ1) is 15.7. The monoisotopic (exact) mass is 449 g/mol. The summed E-state index contributed by atoms with van der Waals surface area (Å²) in [5.41, 5.74) is 0.870. The Morgan fingerprint density at radius 3 is 2.62 bits per heavy atom. The van der Waals surface area contributed by atoms with Crippen LogP contribution in [0.4, 0.5) is 0 Å². The number of aliphatic hydroxyl groups is 1. The molecule has 3 aliphatic rings. The van der Waals surface area contributed by atoms with Crippen molar-refractivity contribution in [3.63, 3.8) is 0 Å². The number of fused-ring (bicyclic) bond motifs is 1. The Morgan fingerprint density at radius 2 is 1.88 bits per heavy atom. The third kappa shape index (κ3) is 6.27. The van der Waals surface area contributed by atoms with E-state index in [2.05, 4.69) is 12.2 Å². The van der Waals surface area contributed by atoms with E-state index < -0.39 is 36.9 Å². The molecule has 178 valence electrons. The topological polar surface area (TPSA) is 98.8 Å². The maximum absolute atomic E-state index is 12.6. The average Bonchev–Trinajstić information content (AvgIpc) is 3.65. The van der Waals surface area contributed by atoms with Crippen LogP contribution in [0.15, 0.2) is 30.3 Å². The molecule has 8 heteroatoms. The van der Waals surface area contributed by atoms with Crippen LogP contribution in [-0.2, 0) is 28.5 Å². The molecule has 0 saturated carbocycles. The second kappa shape index (κ2) is 11.5. The molecule has 0 radical (unpaired) electrons. The summed E-state index contributed by atoms with van der Waals surface area (Å²) < 4.78 is 29.1. The largest absolute Gasteiger partial charge is 0.388 e. The number of hydrogen-bond acceptors (Lipinski definition) is 7. The summed E-state index contributed by atoms with van der Waals surface area (Å²) in [7, 11) is 0. The van der Waals surface area contributed by atoms with Gasteiger partial charge in [-0.1, -0.05) is 62.9 Å². The van der Waals surface area contributed by atoms with E-state index in [9.17, 15) is 9.90 Å². The molecule has 3 heterocycles. The van der Waals surface area contributed by atoms with Gasteiger partial charge in [0.15, 0.2) is 12.6 Å². The van der Waals surface area contributed by atoms with E-state index >= 15 is 0 Å². The van der Waals surface area contributed by atoms with Gasteiger partial charge in [-0.15, -0.1) is 0 Å². The van der Waals surface area contributed by atoms with Crippen LogP contribution in [-0.4, -0.2) is 67.6 Å². The predicted molar refractivity (Wildman–Crippen MR) is 116 cm³/mol. The summed E-state index contributed by atoms with van der Waals surface area (Å²) in [5.74, 6) is -0.115. The van der Waals surface area contributed by atoms with E-state index in [1.807, 2.05) is 30.3 Å². The molecule has 0 aromatic heterocycles. The van der Waals surface area contributed by atoms with Crippen LogP contribution in [0.3, 0.4) is 0 Å². The van der Waals surface area contributed by atoms with Crippen molar-refractivity contribution in [2.24, 2.45) is 0 Å². The van der Waals surface area contributed by atoms with Crippen molar-refractivity contribution in [1.29, 1.82) is 0 Å². The van der Waals surface area contributed by atoms with Crippen LogP contribution in [0.2, 0.25) is 0 Å². The Labute approximate surface area is 189 Å². The van der Waals surface area contributed by atoms with Gasteiger partial charge in [0.2, 0.25) is 5.91 Å². The van der Waals surface area contributed by atoms with Gasteiger partial charge in [0, 0.05) is 12.0 Å². The molecule has 0 spiro atoms. The molecule has 4 rings (SSSR count). The van der Waals surface area contributed by atoms with E-state index in [4.69, 9.17) is 23.7 Å². The minimum absolute atomic E-state index is 0.0460. The number of ether oxygens (including phenoxy) is 5. The van der Waals surface area contributed by atoms with Crippen molar-refractivity contribution in [3.8, 4) is 0 Å². The predicted octanol–water partition coefficient (Wildman–Crippen LogP) is 2.45. The second-order valence-electron chi connectivity index (χ2n) is 8.76. The van der Waals surface area contributed by atoms with E-state index in [1.165, 1.54) is 6.42 Å². The number of hydrogen-bond donors (Lipinski definition) is 2. The molecular weight excluding hydrogens is 414 g/mol. The highest BCUT2D eigenvalue weighted by molar-refractivity contribution is 5.76. The molecule has 8 nitrogen and oxygen atoms in total. The lowest BCUT2D eigenvalue weighted by Gasteiger charge is -2.47. The number of aliphatic hydroxyl groups excluding tert-OH is 1. The van der Waals surface area contributed by atoms with Crippen molar-refractivity contribution in [2.45, 2.75) is 88.5 Å². The Kier molecular flexibility index (Phi) is 8.51. The number of nitrogens with one attached hydrogen (secondary N) is 1. The molecule has 1 aromatic carbocycles. The van der Waals surface area contributed by atoms with E-state index in [1.54, 1.807) is 0 Å². The fourth-order valence-corrected chi connectivity index (χ4v) is 4.18. The number of amides is 1. The van der Waals surface area contributed by atoms with Gasteiger partial charge in [-0.25, -0.2) is 0 Å². The zero-order chi connectivity index (χ0) is 22.3. The van der Waals surface area contributed by atoms with Gasteiger partial charge in [-0.05, 0) is 6.42 Å². The number of benzene rings is 1. The molecule has 7 atom stereocenters. The Morgan fingerprint density at radius 1 is 1.09 bits per heavy atom. The first-order valence-electron chi connectivity index (χ1n) is 11.8. The van der Waals surface area contributed by atoms with Crippen molar-refractivity contribution >= 4 is 5.91 Å². The summed E-state index contributed by atoms with van der Waals surface area (Å²) in [6, 6.07) is 8.85. The molecule has 3 saturated heterocycles. The fourth-order valence-electron chi connectivity index (χ4n) is 4.18. The maximum atomic E-state index is 12.6. The Balaban J connectivity index is 1.38. The van der Waals surface area contributed by atoms with Gasteiger partial charge in [0.1, 0.15) is 30.5 Å². The molecule has 2 N–H and O–H groups in total. The average molecular weight is 450 g/mol. The molecule has 1 amide bonds. The molecule has 0 bridgehead atoms. The van der Waals surface area contributed by atoms with Gasteiger partial charge in [-0.3, -0.25) is 4.79 Å². The lowest BCUT2D eigenvalue weighted by atomic mass is 9.95. The standard InChI is InChI=1S/C24H35NO7/c1-2-3-4-5-9-12-19(26)25-20-21(27)22-18(31-24(20)29-14-17-13-28-17)15-30-23(32-22)16-10-7-6-8-11-16/h6-8,10-11,17-18,20-24,27H,2-5,9,12-15H2,1H3,(H,25,26)/t17-,18-,20-,21-,22-,23?,24-/m1/s1. The van der Waals surface area contributed by atoms with Gasteiger partial charge in [0.25, 0.3) is 0 Å². The smallest absolute Gasteiger partial charge is 0.220 e. The van der Waals surface area contributed by atoms with Crippen molar-refractivity contribution < 1.29 is 33.6 Å². The highest BCUT2D eigenvalue weighted by Crippen LogP contribution is 2.34. The highest BCUT2D eigenvalue weighted by atomic mass is 16.7. The Bertz CT molecular complexity index is 714. The van der Waals surface area contributed by atoms with Crippen LogP contribution in [0.25, 0.3) is 0 Å². The lowest BCUT2D eigenvalue weighted by molar-refractivity contribution is -0.344. The fraction of sp³-hybridized carbons (Fsp3) is 0.708. The zero-order valence-corrected chi connectivity index (χ0v) is 18.7. The lowest BCUT2D eigenvalue weighted by Crippen LogP contribution is -2.66. The normalized spacial score (nSPS) is 34.0. The van der Waals surface area contributed by atoms with Gasteiger partial charge < -0.3 is 34.1 Å². The summed E-state index contributed by atoms with van der Waals surface area (Å²) in [6.45, 7) is 3.44. The number of carbonyl (C=O) groups is 1. The summed E-state index contributed by atoms with van der Waals surface area (Å²) in [4.78, 5) is 12.6. The van der Waals surface area contributed by atoms with Crippen molar-refractivity contribution in [2.75, 3.05) is 19.8 Å². The molecule has 1 aromatic rings. The van der Waals surface area contributed by atoms with E-state index in [-0.39, 0.29) is 18.6 Å². The molecule has 3 fully saturated rings. The van der Waals surface area contributed by atoms with E-state index in [0.29, 0.717) is 19.6 Å². The highest BCUT2D eigenvalue weighted by Gasteiger charge is 2.50. The molecule has 3 aliphatic heterocycles. The van der Waals surface area contributed by atoms with Gasteiger partial charge >= 0.3 is 0 Å². The second-order valence-corrected chi connectivity index (χ2v) is 8.76. The van der Waals surface area contributed by atoms with Crippen LogP contribution >= 0.6 is 0 Å². The quantitative estimate of drug-likeness (QED) is 0.395. The summed E-state index contributed by atoms with van der Waals surface area (Å²) in [6.07, 6.45) is 2.28. The number of carbonyl (C=O) groups excluding carboxylic acids is 1. The summed E-state index contributed by atoms with van der Waals surface area (Å²) in [5, 5.41) is 14.1. The maximum Gasteiger partial charge on any atom is 0.220 e. The van der Waals surface area contributed by atoms with Gasteiger partial charge in [-0.2, -0.15) is 0 Å². The van der Waals surface area contributed by atoms with E-state index in [0.717, 1.165) is 31.2 Å². The first-order valence-corrected chi connectivity index (χ1v) is 11.8. The number of epoxide rings is 1. The molecule has 1 unspecified atom stereocenters. The third-order valence-corrected chi connectivity index (χ3v) is 6.12. The van der Waals surface area contributed by atoms with Crippen molar-refractivity contribution in [1.82, 2.24) is 5.32 Å². The third-order valence-electron chi connectivity index (χ3n) is 6.12.